The molecule has 3 atom stereocenters. The van der Waals surface area contributed by atoms with Gasteiger partial charge in [-0.1, -0.05) is 30.3 Å². The zero-order valence-electron chi connectivity index (χ0n) is 16.6. The predicted octanol–water partition coefficient (Wildman–Crippen LogP) is 1.86. The van der Waals surface area contributed by atoms with E-state index in [9.17, 15) is 9.90 Å². The van der Waals surface area contributed by atoms with Crippen LogP contribution in [0.25, 0.3) is 0 Å². The van der Waals surface area contributed by atoms with Crippen molar-refractivity contribution in [2.45, 2.75) is 44.8 Å². The van der Waals surface area contributed by atoms with E-state index in [4.69, 9.17) is 0 Å². The van der Waals surface area contributed by atoms with Gasteiger partial charge in [0, 0.05) is 42.9 Å². The Labute approximate surface area is 165 Å². The Morgan fingerprint density at radius 3 is 2.86 bits per heavy atom. The first-order valence-electron chi connectivity index (χ1n) is 10.1. The van der Waals surface area contributed by atoms with Crippen LogP contribution in [-0.4, -0.2) is 51.9 Å². The van der Waals surface area contributed by atoms with Gasteiger partial charge in [0.15, 0.2) is 5.69 Å². The number of rotatable bonds is 6. The van der Waals surface area contributed by atoms with Gasteiger partial charge in [0.05, 0.1) is 6.04 Å². The highest BCUT2D eigenvalue weighted by atomic mass is 16.4. The number of carboxylic acid groups (broad SMARTS) is 1. The normalized spacial score (nSPS) is 24.5. The van der Waals surface area contributed by atoms with Gasteiger partial charge in [-0.3, -0.25) is 10.1 Å². The number of hydrazine groups is 1. The SMILES string of the molecule is CCn1nc(C(=O)O)c2c1CCC(N(C)CC1CNNC1c1ccccc1)C2. The van der Waals surface area contributed by atoms with Gasteiger partial charge >= 0.3 is 5.97 Å². The molecule has 1 aromatic carbocycles. The molecule has 0 bridgehead atoms. The molecule has 2 heterocycles. The minimum atomic E-state index is -0.917. The molecule has 0 amide bonds. The number of nitrogens with one attached hydrogen (secondary N) is 2. The molecule has 1 aliphatic carbocycles. The highest BCUT2D eigenvalue weighted by Gasteiger charge is 2.34. The maximum atomic E-state index is 11.7. The fourth-order valence-electron chi connectivity index (χ4n) is 4.72. The van der Waals surface area contributed by atoms with Gasteiger partial charge in [-0.2, -0.15) is 5.10 Å². The molecule has 0 saturated carbocycles. The van der Waals surface area contributed by atoms with Gasteiger partial charge in [0.2, 0.25) is 0 Å². The van der Waals surface area contributed by atoms with Crippen LogP contribution in [0.1, 0.15) is 46.7 Å². The van der Waals surface area contributed by atoms with Crippen LogP contribution in [-0.2, 0) is 19.4 Å². The van der Waals surface area contributed by atoms with Crippen molar-refractivity contribution in [3.05, 3.63) is 52.8 Å². The van der Waals surface area contributed by atoms with Crippen LogP contribution in [0, 0.1) is 5.92 Å². The number of aromatic nitrogens is 2. The number of aryl methyl sites for hydroxylation is 1. The molecule has 4 rings (SSSR count). The van der Waals surface area contributed by atoms with E-state index in [0.717, 1.165) is 43.6 Å². The first-order chi connectivity index (χ1) is 13.6. The van der Waals surface area contributed by atoms with E-state index in [1.54, 1.807) is 0 Å². The fourth-order valence-corrected chi connectivity index (χ4v) is 4.72. The molecule has 1 aliphatic heterocycles. The molecule has 7 heteroatoms. The van der Waals surface area contributed by atoms with Crippen LogP contribution in [0.4, 0.5) is 0 Å². The lowest BCUT2D eigenvalue weighted by atomic mass is 9.89. The second kappa shape index (κ2) is 8.03. The summed E-state index contributed by atoms with van der Waals surface area (Å²) in [5, 5.41) is 13.9. The number of likely N-dealkylation sites (N-methyl/N-ethyl adjacent to an activating group) is 1. The third-order valence-corrected chi connectivity index (χ3v) is 6.22. The number of benzene rings is 1. The lowest BCUT2D eigenvalue weighted by molar-refractivity contribution is 0.0687. The van der Waals surface area contributed by atoms with Crippen molar-refractivity contribution in [3.8, 4) is 0 Å². The minimum absolute atomic E-state index is 0.237. The summed E-state index contributed by atoms with van der Waals surface area (Å²) < 4.78 is 1.87. The Balaban J connectivity index is 1.47. The summed E-state index contributed by atoms with van der Waals surface area (Å²) in [6.07, 6.45) is 2.69. The number of carboxylic acids is 1. The number of hydrogen-bond donors (Lipinski definition) is 3. The van der Waals surface area contributed by atoms with Crippen molar-refractivity contribution in [2.75, 3.05) is 20.1 Å². The standard InChI is InChI=1S/C21H29N5O2/c1-3-26-18-10-9-16(11-17(18)20(24-26)21(27)28)25(2)13-15-12-22-23-19(15)14-7-5-4-6-8-14/h4-8,15-16,19,22-23H,3,9-13H2,1-2H3,(H,27,28). The van der Waals surface area contributed by atoms with Crippen LogP contribution in [0.5, 0.6) is 0 Å². The van der Waals surface area contributed by atoms with Gasteiger partial charge in [0.1, 0.15) is 0 Å². The largest absolute Gasteiger partial charge is 0.476 e. The number of aromatic carboxylic acids is 1. The Morgan fingerprint density at radius 2 is 2.14 bits per heavy atom. The third kappa shape index (κ3) is 3.57. The topological polar surface area (TPSA) is 82.4 Å². The summed E-state index contributed by atoms with van der Waals surface area (Å²) in [4.78, 5) is 14.1. The van der Waals surface area contributed by atoms with Crippen molar-refractivity contribution in [1.29, 1.82) is 0 Å². The van der Waals surface area contributed by atoms with E-state index in [1.807, 2.05) is 17.7 Å². The fraction of sp³-hybridized carbons (Fsp3) is 0.524. The van der Waals surface area contributed by atoms with Gasteiger partial charge in [-0.25, -0.2) is 10.2 Å². The van der Waals surface area contributed by atoms with Gasteiger partial charge in [0.25, 0.3) is 0 Å². The smallest absolute Gasteiger partial charge is 0.356 e. The molecule has 150 valence electrons. The molecule has 28 heavy (non-hydrogen) atoms. The van der Waals surface area contributed by atoms with Crippen molar-refractivity contribution >= 4 is 5.97 Å². The maximum absolute atomic E-state index is 11.7. The average Bonchev–Trinajstić information content (AvgIpc) is 3.32. The van der Waals surface area contributed by atoms with E-state index >= 15 is 0 Å². The summed E-state index contributed by atoms with van der Waals surface area (Å²) in [6, 6.07) is 11.2. The van der Waals surface area contributed by atoms with Gasteiger partial charge in [-0.05, 0) is 38.8 Å². The molecule has 2 aliphatic rings. The van der Waals surface area contributed by atoms with Crippen molar-refractivity contribution in [2.24, 2.45) is 5.92 Å². The van der Waals surface area contributed by atoms with Crippen molar-refractivity contribution < 1.29 is 9.90 Å². The molecule has 0 spiro atoms. The molecule has 0 radical (unpaired) electrons. The molecular formula is C21H29N5O2. The second-order valence-electron chi connectivity index (χ2n) is 7.90. The molecule has 3 unspecified atom stereocenters. The molecule has 1 saturated heterocycles. The summed E-state index contributed by atoms with van der Waals surface area (Å²) in [7, 11) is 2.17. The summed E-state index contributed by atoms with van der Waals surface area (Å²) in [6.45, 7) is 4.62. The molecule has 2 aromatic rings. The van der Waals surface area contributed by atoms with E-state index in [0.29, 0.717) is 24.5 Å². The highest BCUT2D eigenvalue weighted by Crippen LogP contribution is 2.30. The Hall–Kier alpha value is -2.22. The van der Waals surface area contributed by atoms with Crippen LogP contribution in [0.2, 0.25) is 0 Å². The van der Waals surface area contributed by atoms with Crippen LogP contribution < -0.4 is 10.9 Å². The number of hydrogen-bond acceptors (Lipinski definition) is 5. The molecule has 1 fully saturated rings. The second-order valence-corrected chi connectivity index (χ2v) is 7.90. The van der Waals surface area contributed by atoms with Crippen LogP contribution >= 0.6 is 0 Å². The molecular weight excluding hydrogens is 354 g/mol. The average molecular weight is 383 g/mol. The first kappa shape index (κ1) is 19.1. The monoisotopic (exact) mass is 383 g/mol. The molecule has 3 N–H and O–H groups in total. The molecule has 1 aromatic heterocycles. The lowest BCUT2D eigenvalue weighted by Crippen LogP contribution is -2.41. The molecule has 7 nitrogen and oxygen atoms in total. The van der Waals surface area contributed by atoms with Crippen LogP contribution in [0.3, 0.4) is 0 Å². The van der Waals surface area contributed by atoms with Crippen LogP contribution in [0.15, 0.2) is 30.3 Å². The van der Waals surface area contributed by atoms with Crippen molar-refractivity contribution in [3.63, 3.8) is 0 Å². The predicted molar refractivity (Wildman–Crippen MR) is 107 cm³/mol. The van der Waals surface area contributed by atoms with E-state index in [-0.39, 0.29) is 5.69 Å². The van der Waals surface area contributed by atoms with E-state index in [2.05, 4.69) is 52.2 Å². The number of fused-ring (bicyclic) bond motifs is 1. The Bertz CT molecular complexity index is 835. The number of nitrogens with zero attached hydrogens (tertiary/aromatic N) is 3. The van der Waals surface area contributed by atoms with Gasteiger partial charge < -0.3 is 10.0 Å². The Kier molecular flexibility index (Phi) is 5.48. The zero-order chi connectivity index (χ0) is 19.7. The number of carbonyl (C=O) groups is 1. The zero-order valence-corrected chi connectivity index (χ0v) is 16.6. The van der Waals surface area contributed by atoms with Gasteiger partial charge in [-0.15, -0.1) is 0 Å². The third-order valence-electron chi connectivity index (χ3n) is 6.22. The quantitative estimate of drug-likeness (QED) is 0.706. The highest BCUT2D eigenvalue weighted by molar-refractivity contribution is 5.87. The Morgan fingerprint density at radius 1 is 1.36 bits per heavy atom. The summed E-state index contributed by atoms with van der Waals surface area (Å²) in [5.74, 6) is -0.453. The maximum Gasteiger partial charge on any atom is 0.356 e. The summed E-state index contributed by atoms with van der Waals surface area (Å²) in [5.41, 5.74) is 10.3. The van der Waals surface area contributed by atoms with E-state index in [1.165, 1.54) is 5.56 Å². The van der Waals surface area contributed by atoms with Crippen molar-refractivity contribution in [1.82, 2.24) is 25.5 Å². The first-order valence-corrected chi connectivity index (χ1v) is 10.1. The summed E-state index contributed by atoms with van der Waals surface area (Å²) >= 11 is 0. The van der Waals surface area contributed by atoms with E-state index < -0.39 is 5.97 Å². The minimum Gasteiger partial charge on any atom is -0.476 e. The lowest BCUT2D eigenvalue weighted by Gasteiger charge is -2.34.